The molecule has 0 bridgehead atoms. The number of anilines is 1. The smallest absolute Gasteiger partial charge is 0.260 e. The Bertz CT molecular complexity index is 900. The van der Waals surface area contributed by atoms with E-state index in [0.717, 1.165) is 5.69 Å². The number of hydrogen-bond acceptors (Lipinski definition) is 2. The van der Waals surface area contributed by atoms with Gasteiger partial charge in [0.25, 0.3) is 5.91 Å². The summed E-state index contributed by atoms with van der Waals surface area (Å²) in [6.07, 6.45) is 1.57. The number of carbonyl (C=O) groups excluding carboxylic acids is 2. The zero-order valence-electron chi connectivity index (χ0n) is 12.8. The van der Waals surface area contributed by atoms with Crippen LogP contribution in [0.25, 0.3) is 10.9 Å². The van der Waals surface area contributed by atoms with E-state index in [1.165, 1.54) is 11.5 Å². The van der Waals surface area contributed by atoms with Crippen LogP contribution in [0.1, 0.15) is 22.1 Å². The summed E-state index contributed by atoms with van der Waals surface area (Å²) in [6.45, 7) is 1.45. The van der Waals surface area contributed by atoms with E-state index in [-0.39, 0.29) is 11.8 Å². The highest BCUT2D eigenvalue weighted by atomic mass is 35.5. The lowest BCUT2D eigenvalue weighted by molar-refractivity contribution is 0.0941. The molecule has 3 rings (SSSR count). The first kappa shape index (κ1) is 15.3. The van der Waals surface area contributed by atoms with Gasteiger partial charge >= 0.3 is 0 Å². The Morgan fingerprint density at radius 1 is 1.09 bits per heavy atom. The van der Waals surface area contributed by atoms with Gasteiger partial charge in [0.1, 0.15) is 0 Å². The van der Waals surface area contributed by atoms with Crippen molar-refractivity contribution in [2.75, 3.05) is 11.9 Å². The van der Waals surface area contributed by atoms with Crippen LogP contribution in [-0.4, -0.2) is 23.4 Å². The maximum atomic E-state index is 12.8. The summed E-state index contributed by atoms with van der Waals surface area (Å²) in [5.41, 5.74) is 1.89. The molecule has 2 aromatic carbocycles. The van der Waals surface area contributed by atoms with Gasteiger partial charge in [-0.05, 0) is 24.3 Å². The summed E-state index contributed by atoms with van der Waals surface area (Å²) in [5, 5.41) is 1.23. The molecule has 0 atom stereocenters. The van der Waals surface area contributed by atoms with Gasteiger partial charge in [0.05, 0.1) is 11.1 Å². The standard InChI is InChI=1S/C18H15ClN2O2/c1-12(22)21-11-16(15-9-8-13(19)10-17(15)21)18(23)20(2)14-6-4-3-5-7-14/h3-11H,1-2H3. The van der Waals surface area contributed by atoms with Crippen LogP contribution >= 0.6 is 11.6 Å². The van der Waals surface area contributed by atoms with Crippen LogP contribution in [0.5, 0.6) is 0 Å². The fourth-order valence-electron chi connectivity index (χ4n) is 2.58. The van der Waals surface area contributed by atoms with Gasteiger partial charge in [0.2, 0.25) is 5.91 Å². The normalized spacial score (nSPS) is 10.7. The predicted molar refractivity (Wildman–Crippen MR) is 92.4 cm³/mol. The highest BCUT2D eigenvalue weighted by Crippen LogP contribution is 2.27. The van der Waals surface area contributed by atoms with Gasteiger partial charge in [0.15, 0.2) is 0 Å². The van der Waals surface area contributed by atoms with Gasteiger partial charge in [-0.25, -0.2) is 0 Å². The number of nitrogens with zero attached hydrogens (tertiary/aromatic N) is 2. The summed E-state index contributed by atoms with van der Waals surface area (Å²) in [4.78, 5) is 26.3. The van der Waals surface area contributed by atoms with Crippen molar-refractivity contribution in [3.05, 3.63) is 65.3 Å². The van der Waals surface area contributed by atoms with Gasteiger partial charge < -0.3 is 4.90 Å². The molecule has 0 saturated heterocycles. The van der Waals surface area contributed by atoms with E-state index in [0.29, 0.717) is 21.5 Å². The number of hydrogen-bond donors (Lipinski definition) is 0. The molecule has 0 aliphatic heterocycles. The summed E-state index contributed by atoms with van der Waals surface area (Å²) < 4.78 is 1.45. The number of benzene rings is 2. The van der Waals surface area contributed by atoms with Crippen molar-refractivity contribution in [1.29, 1.82) is 0 Å². The molecule has 0 unspecified atom stereocenters. The van der Waals surface area contributed by atoms with Crippen LogP contribution in [0.4, 0.5) is 5.69 Å². The third-order valence-corrected chi connectivity index (χ3v) is 4.02. The quantitative estimate of drug-likeness (QED) is 0.707. The molecule has 0 saturated carbocycles. The fourth-order valence-corrected chi connectivity index (χ4v) is 2.75. The van der Waals surface area contributed by atoms with Gasteiger partial charge in [-0.1, -0.05) is 35.9 Å². The highest BCUT2D eigenvalue weighted by Gasteiger charge is 2.20. The molecule has 0 aliphatic rings. The molecule has 4 nitrogen and oxygen atoms in total. The molecule has 1 aromatic heterocycles. The number of para-hydroxylation sites is 1. The van der Waals surface area contributed by atoms with Crippen molar-refractivity contribution in [1.82, 2.24) is 4.57 Å². The van der Waals surface area contributed by atoms with Gasteiger partial charge in [-0.15, -0.1) is 0 Å². The number of amides is 1. The molecular weight excluding hydrogens is 312 g/mol. The highest BCUT2D eigenvalue weighted by molar-refractivity contribution is 6.31. The maximum absolute atomic E-state index is 12.8. The number of rotatable bonds is 2. The topological polar surface area (TPSA) is 42.3 Å². The van der Waals surface area contributed by atoms with E-state index in [4.69, 9.17) is 11.6 Å². The van der Waals surface area contributed by atoms with Crippen molar-refractivity contribution in [3.63, 3.8) is 0 Å². The zero-order valence-corrected chi connectivity index (χ0v) is 13.5. The predicted octanol–water partition coefficient (Wildman–Crippen LogP) is 4.23. The number of halogens is 1. The summed E-state index contributed by atoms with van der Waals surface area (Å²) >= 11 is 6.02. The third-order valence-electron chi connectivity index (χ3n) is 3.79. The average molecular weight is 327 g/mol. The lowest BCUT2D eigenvalue weighted by Crippen LogP contribution is -2.26. The van der Waals surface area contributed by atoms with E-state index in [1.807, 2.05) is 30.3 Å². The lowest BCUT2D eigenvalue weighted by atomic mass is 10.1. The Morgan fingerprint density at radius 3 is 2.43 bits per heavy atom. The largest absolute Gasteiger partial charge is 0.311 e. The molecule has 1 heterocycles. The van der Waals surface area contributed by atoms with Crippen molar-refractivity contribution in [2.45, 2.75) is 6.92 Å². The zero-order chi connectivity index (χ0) is 16.6. The first-order chi connectivity index (χ1) is 11.0. The summed E-state index contributed by atoms with van der Waals surface area (Å²) in [6, 6.07) is 14.5. The fraction of sp³-hybridized carbons (Fsp3) is 0.111. The van der Waals surface area contributed by atoms with E-state index in [2.05, 4.69) is 0 Å². The van der Waals surface area contributed by atoms with E-state index < -0.39 is 0 Å². The molecule has 1 amide bonds. The van der Waals surface area contributed by atoms with Gasteiger partial charge in [0, 0.05) is 36.3 Å². The van der Waals surface area contributed by atoms with Crippen molar-refractivity contribution >= 4 is 40.0 Å². The molecule has 0 N–H and O–H groups in total. The van der Waals surface area contributed by atoms with Crippen molar-refractivity contribution in [2.24, 2.45) is 0 Å². The second-order valence-electron chi connectivity index (χ2n) is 5.29. The third kappa shape index (κ3) is 2.73. The molecular formula is C18H15ClN2O2. The minimum Gasteiger partial charge on any atom is -0.311 e. The Morgan fingerprint density at radius 2 is 1.78 bits per heavy atom. The Kier molecular flexibility index (Phi) is 3.92. The van der Waals surface area contributed by atoms with Crippen molar-refractivity contribution in [3.8, 4) is 0 Å². The van der Waals surface area contributed by atoms with Crippen LogP contribution in [0.2, 0.25) is 5.02 Å². The van der Waals surface area contributed by atoms with Gasteiger partial charge in [-0.3, -0.25) is 14.2 Å². The Hall–Kier alpha value is -2.59. The minimum absolute atomic E-state index is 0.168. The first-order valence-corrected chi connectivity index (χ1v) is 7.51. The molecule has 0 spiro atoms. The van der Waals surface area contributed by atoms with Crippen LogP contribution < -0.4 is 4.90 Å². The average Bonchev–Trinajstić information content (AvgIpc) is 2.93. The second kappa shape index (κ2) is 5.89. The van der Waals surface area contributed by atoms with Crippen molar-refractivity contribution < 1.29 is 9.59 Å². The number of aromatic nitrogens is 1. The van der Waals surface area contributed by atoms with Crippen LogP contribution in [-0.2, 0) is 0 Å². The maximum Gasteiger partial charge on any atom is 0.260 e. The molecule has 0 fully saturated rings. The minimum atomic E-state index is -0.177. The Labute approximate surface area is 138 Å². The van der Waals surface area contributed by atoms with E-state index in [9.17, 15) is 9.59 Å². The molecule has 0 radical (unpaired) electrons. The summed E-state index contributed by atoms with van der Waals surface area (Å²) in [5.74, 6) is -0.345. The van der Waals surface area contributed by atoms with E-state index in [1.54, 1.807) is 36.3 Å². The Balaban J connectivity index is 2.13. The van der Waals surface area contributed by atoms with E-state index >= 15 is 0 Å². The SMILES string of the molecule is CC(=O)n1cc(C(=O)N(C)c2ccccc2)c2ccc(Cl)cc21. The first-order valence-electron chi connectivity index (χ1n) is 7.13. The monoisotopic (exact) mass is 326 g/mol. The lowest BCUT2D eigenvalue weighted by Gasteiger charge is -2.16. The summed E-state index contributed by atoms with van der Waals surface area (Å²) in [7, 11) is 1.71. The second-order valence-corrected chi connectivity index (χ2v) is 5.73. The molecule has 23 heavy (non-hydrogen) atoms. The molecule has 3 aromatic rings. The molecule has 5 heteroatoms. The number of carbonyl (C=O) groups is 2. The molecule has 116 valence electrons. The van der Waals surface area contributed by atoms with Crippen LogP contribution in [0, 0.1) is 0 Å². The van der Waals surface area contributed by atoms with Crippen LogP contribution in [0.3, 0.4) is 0 Å². The number of fused-ring (bicyclic) bond motifs is 1. The van der Waals surface area contributed by atoms with Gasteiger partial charge in [-0.2, -0.15) is 0 Å². The van der Waals surface area contributed by atoms with Crippen LogP contribution in [0.15, 0.2) is 54.7 Å². The molecule has 0 aliphatic carbocycles.